The van der Waals surface area contributed by atoms with Gasteiger partial charge in [-0.15, -0.1) is 0 Å². The summed E-state index contributed by atoms with van der Waals surface area (Å²) >= 11 is 1.29. The molecule has 1 heterocycles. The fourth-order valence-corrected chi connectivity index (χ4v) is 3.87. The number of aromatic hydroxyl groups is 1. The summed E-state index contributed by atoms with van der Waals surface area (Å²) in [6.07, 6.45) is 1.73. The molecule has 30 heavy (non-hydrogen) atoms. The molecular weight excluding hydrogens is 404 g/mol. The van der Waals surface area contributed by atoms with Gasteiger partial charge in [-0.3, -0.25) is 9.69 Å². The number of carbonyl (C=O) groups is 1. The lowest BCUT2D eigenvalue weighted by Gasteiger charge is -2.15. The van der Waals surface area contributed by atoms with Gasteiger partial charge in [0.15, 0.2) is 16.7 Å². The van der Waals surface area contributed by atoms with Crippen molar-refractivity contribution in [3.05, 3.63) is 52.9 Å². The second kappa shape index (κ2) is 10.2. The van der Waals surface area contributed by atoms with Crippen molar-refractivity contribution in [3.8, 4) is 17.2 Å². The first-order valence-electron chi connectivity index (χ1n) is 9.45. The number of phenols is 1. The second-order valence-electron chi connectivity index (χ2n) is 6.27. The van der Waals surface area contributed by atoms with E-state index in [0.717, 1.165) is 5.69 Å². The molecule has 0 spiro atoms. The first-order chi connectivity index (χ1) is 14.6. The summed E-state index contributed by atoms with van der Waals surface area (Å²) in [6, 6.07) is 12.8. The van der Waals surface area contributed by atoms with Crippen molar-refractivity contribution in [1.29, 1.82) is 0 Å². The van der Waals surface area contributed by atoms with Gasteiger partial charge in [0.2, 0.25) is 5.75 Å². The first kappa shape index (κ1) is 21.7. The zero-order chi connectivity index (χ0) is 21.5. The Morgan fingerprint density at radius 1 is 1.13 bits per heavy atom. The maximum absolute atomic E-state index is 13.1. The van der Waals surface area contributed by atoms with Gasteiger partial charge in [-0.2, -0.15) is 0 Å². The molecule has 0 radical (unpaired) electrons. The minimum atomic E-state index is -0.152. The van der Waals surface area contributed by atoms with E-state index in [2.05, 4.69) is 4.99 Å². The SMILES string of the molecule is CCOCCN1C(=O)/C(=C/c2cc(OC)c(O)c(OC)c2)SC1=Nc1ccccc1. The van der Waals surface area contributed by atoms with Crippen molar-refractivity contribution in [3.63, 3.8) is 0 Å². The highest BCUT2D eigenvalue weighted by molar-refractivity contribution is 8.18. The number of benzene rings is 2. The highest BCUT2D eigenvalue weighted by Crippen LogP contribution is 2.39. The lowest BCUT2D eigenvalue weighted by atomic mass is 10.1. The molecule has 8 heteroatoms. The fraction of sp³-hybridized carbons (Fsp3) is 0.273. The topological polar surface area (TPSA) is 80.6 Å². The van der Waals surface area contributed by atoms with Crippen LogP contribution in [0.1, 0.15) is 12.5 Å². The number of aliphatic imine (C=N–C) groups is 1. The monoisotopic (exact) mass is 428 g/mol. The summed E-state index contributed by atoms with van der Waals surface area (Å²) in [5.41, 5.74) is 1.44. The van der Waals surface area contributed by atoms with Crippen LogP contribution in [0.4, 0.5) is 5.69 Å². The predicted octanol–water partition coefficient (Wildman–Crippen LogP) is 4.05. The summed E-state index contributed by atoms with van der Waals surface area (Å²) in [7, 11) is 2.92. The molecule has 3 rings (SSSR count). The van der Waals surface area contributed by atoms with Crippen molar-refractivity contribution >= 4 is 34.6 Å². The summed E-state index contributed by atoms with van der Waals surface area (Å²) < 4.78 is 15.8. The Kier molecular flexibility index (Phi) is 7.37. The molecule has 2 aromatic rings. The molecule has 1 amide bonds. The van der Waals surface area contributed by atoms with Gasteiger partial charge in [0.1, 0.15) is 0 Å². The molecule has 2 aromatic carbocycles. The molecule has 7 nitrogen and oxygen atoms in total. The quantitative estimate of drug-likeness (QED) is 0.505. The van der Waals surface area contributed by atoms with Crippen LogP contribution >= 0.6 is 11.8 Å². The first-order valence-corrected chi connectivity index (χ1v) is 10.3. The smallest absolute Gasteiger partial charge is 0.266 e. The molecule has 158 valence electrons. The number of thioether (sulfide) groups is 1. The number of para-hydroxylation sites is 1. The van der Waals surface area contributed by atoms with E-state index in [1.165, 1.54) is 26.0 Å². The molecule has 0 bridgehead atoms. The molecule has 0 aromatic heterocycles. The Labute approximate surface area is 180 Å². The molecule has 0 atom stereocenters. The summed E-state index contributed by atoms with van der Waals surface area (Å²) in [4.78, 5) is 19.8. The van der Waals surface area contributed by atoms with Gasteiger partial charge in [-0.1, -0.05) is 18.2 Å². The Balaban J connectivity index is 1.95. The van der Waals surface area contributed by atoms with Gasteiger partial charge >= 0.3 is 0 Å². The van der Waals surface area contributed by atoms with Gasteiger partial charge in [-0.25, -0.2) is 4.99 Å². The van der Waals surface area contributed by atoms with Gasteiger partial charge in [0.25, 0.3) is 5.91 Å². The Bertz CT molecular complexity index is 934. The van der Waals surface area contributed by atoms with Crippen molar-refractivity contribution in [1.82, 2.24) is 4.90 Å². The molecule has 1 saturated heterocycles. The third kappa shape index (κ3) is 4.95. The van der Waals surface area contributed by atoms with Crippen LogP contribution in [0.15, 0.2) is 52.4 Å². The van der Waals surface area contributed by atoms with E-state index < -0.39 is 0 Å². The van der Waals surface area contributed by atoms with Gasteiger partial charge in [0, 0.05) is 6.61 Å². The lowest BCUT2D eigenvalue weighted by molar-refractivity contribution is -0.122. The van der Waals surface area contributed by atoms with E-state index in [1.807, 2.05) is 37.3 Å². The van der Waals surface area contributed by atoms with E-state index in [-0.39, 0.29) is 23.2 Å². The fourth-order valence-electron chi connectivity index (χ4n) is 2.85. The Morgan fingerprint density at radius 2 is 1.80 bits per heavy atom. The summed E-state index contributed by atoms with van der Waals surface area (Å²) in [6.45, 7) is 3.32. The van der Waals surface area contributed by atoms with Crippen molar-refractivity contribution in [2.75, 3.05) is 34.0 Å². The van der Waals surface area contributed by atoms with Crippen LogP contribution in [0.5, 0.6) is 17.2 Å². The number of ether oxygens (including phenoxy) is 3. The molecule has 1 aliphatic rings. The molecule has 1 fully saturated rings. The van der Waals surface area contributed by atoms with E-state index in [0.29, 0.717) is 35.4 Å². The molecular formula is C22H24N2O5S. The van der Waals surface area contributed by atoms with Crippen LogP contribution in [0, 0.1) is 0 Å². The minimum Gasteiger partial charge on any atom is -0.502 e. The lowest BCUT2D eigenvalue weighted by Crippen LogP contribution is -2.32. The summed E-state index contributed by atoms with van der Waals surface area (Å²) in [5.74, 6) is 0.295. The zero-order valence-corrected chi connectivity index (χ0v) is 17.9. The van der Waals surface area contributed by atoms with Crippen molar-refractivity contribution in [2.45, 2.75) is 6.92 Å². The van der Waals surface area contributed by atoms with Gasteiger partial charge in [-0.05, 0) is 54.6 Å². The Morgan fingerprint density at radius 3 is 2.40 bits per heavy atom. The van der Waals surface area contributed by atoms with Crippen molar-refractivity contribution < 1.29 is 24.1 Å². The minimum absolute atomic E-state index is 0.0859. The number of amidine groups is 1. The molecule has 1 N–H and O–H groups in total. The van der Waals surface area contributed by atoms with E-state index in [4.69, 9.17) is 14.2 Å². The maximum Gasteiger partial charge on any atom is 0.266 e. The average Bonchev–Trinajstić information content (AvgIpc) is 3.04. The zero-order valence-electron chi connectivity index (χ0n) is 17.1. The highest BCUT2D eigenvalue weighted by atomic mass is 32.2. The van der Waals surface area contributed by atoms with Crippen LogP contribution in [0.3, 0.4) is 0 Å². The van der Waals surface area contributed by atoms with Gasteiger partial charge < -0.3 is 19.3 Å². The van der Waals surface area contributed by atoms with Crippen LogP contribution in [-0.2, 0) is 9.53 Å². The Hall–Kier alpha value is -2.97. The largest absolute Gasteiger partial charge is 0.502 e. The molecule has 0 saturated carbocycles. The predicted molar refractivity (Wildman–Crippen MR) is 119 cm³/mol. The maximum atomic E-state index is 13.1. The van der Waals surface area contributed by atoms with E-state index in [9.17, 15) is 9.90 Å². The number of methoxy groups -OCH3 is 2. The number of nitrogens with zero attached hydrogens (tertiary/aromatic N) is 2. The van der Waals surface area contributed by atoms with Crippen LogP contribution in [0.25, 0.3) is 6.08 Å². The number of phenolic OH excluding ortho intramolecular Hbond substituents is 1. The number of hydrogen-bond acceptors (Lipinski definition) is 7. The third-order valence-electron chi connectivity index (χ3n) is 4.33. The number of hydrogen-bond donors (Lipinski definition) is 1. The molecule has 0 unspecified atom stereocenters. The summed E-state index contributed by atoms with van der Waals surface area (Å²) in [5, 5.41) is 10.7. The normalized spacial score (nSPS) is 16.5. The van der Waals surface area contributed by atoms with Crippen LogP contribution < -0.4 is 9.47 Å². The average molecular weight is 429 g/mol. The molecule has 0 aliphatic carbocycles. The van der Waals surface area contributed by atoms with E-state index >= 15 is 0 Å². The van der Waals surface area contributed by atoms with E-state index in [1.54, 1.807) is 23.1 Å². The van der Waals surface area contributed by atoms with Crippen LogP contribution in [-0.4, -0.2) is 55.1 Å². The number of rotatable bonds is 8. The van der Waals surface area contributed by atoms with Gasteiger partial charge in [0.05, 0.1) is 38.0 Å². The van der Waals surface area contributed by atoms with Crippen LogP contribution in [0.2, 0.25) is 0 Å². The highest BCUT2D eigenvalue weighted by Gasteiger charge is 2.33. The van der Waals surface area contributed by atoms with Crippen molar-refractivity contribution in [2.24, 2.45) is 4.99 Å². The molecule has 1 aliphatic heterocycles. The number of amides is 1. The standard InChI is InChI=1S/C22H24N2O5S/c1-4-29-11-10-24-21(26)19(30-22(24)23-16-8-6-5-7-9-16)14-15-12-17(27-2)20(25)18(13-15)28-3/h5-9,12-14,25H,4,10-11H2,1-3H3/b19-14-,23-22?. The second-order valence-corrected chi connectivity index (χ2v) is 7.28. The number of carbonyl (C=O) groups excluding carboxylic acids is 1. The third-order valence-corrected chi connectivity index (χ3v) is 5.34.